The molecule has 0 unspecified atom stereocenters. The van der Waals surface area contributed by atoms with E-state index >= 15 is 0 Å². The zero-order chi connectivity index (χ0) is 8.55. The highest BCUT2D eigenvalue weighted by molar-refractivity contribution is 7.80. The van der Waals surface area contributed by atoms with Crippen molar-refractivity contribution in [1.29, 1.82) is 0 Å². The monoisotopic (exact) mass is 179 g/mol. The van der Waals surface area contributed by atoms with Crippen LogP contribution in [0.1, 0.15) is 12.8 Å². The molecular formula is C9H9NOS. The lowest BCUT2D eigenvalue weighted by molar-refractivity contribution is 0.533. The Kier molecular flexibility index (Phi) is 1.81. The first kappa shape index (κ1) is 7.68. The van der Waals surface area contributed by atoms with Gasteiger partial charge in [-0.2, -0.15) is 0 Å². The van der Waals surface area contributed by atoms with Gasteiger partial charge < -0.3 is 4.42 Å². The van der Waals surface area contributed by atoms with Crippen LogP contribution in [0.2, 0.25) is 0 Å². The Morgan fingerprint density at radius 3 is 3.00 bits per heavy atom. The fraction of sp³-hybridized carbons (Fsp3) is 0.222. The van der Waals surface area contributed by atoms with Crippen LogP contribution in [0.25, 0.3) is 11.1 Å². The second-order valence-electron chi connectivity index (χ2n) is 2.59. The summed E-state index contributed by atoms with van der Waals surface area (Å²) < 4.78 is 5.46. The van der Waals surface area contributed by atoms with E-state index in [2.05, 4.69) is 17.6 Å². The van der Waals surface area contributed by atoms with E-state index in [1.807, 2.05) is 25.1 Å². The van der Waals surface area contributed by atoms with Gasteiger partial charge >= 0.3 is 0 Å². The van der Waals surface area contributed by atoms with Crippen LogP contribution in [0, 0.1) is 0 Å². The fourth-order valence-electron chi connectivity index (χ4n) is 1.13. The van der Waals surface area contributed by atoms with Crippen molar-refractivity contribution in [3.63, 3.8) is 0 Å². The number of para-hydroxylation sites is 1. The standard InChI is InChI=1S/C9H9NOS/c1-2-8-10-6-4-3-5-7(12)9(6)11-8/h3-5,12H,2H2,1H3. The molecule has 62 valence electrons. The van der Waals surface area contributed by atoms with E-state index in [1.165, 1.54) is 0 Å². The molecule has 0 atom stereocenters. The molecule has 2 aromatic rings. The van der Waals surface area contributed by atoms with Gasteiger partial charge in [-0.3, -0.25) is 0 Å². The van der Waals surface area contributed by atoms with E-state index in [1.54, 1.807) is 0 Å². The SMILES string of the molecule is CCc1nc2cccc(S)c2o1. The normalized spacial score (nSPS) is 10.8. The minimum atomic E-state index is 0.770. The Labute approximate surface area is 76.0 Å². The summed E-state index contributed by atoms with van der Waals surface area (Å²) in [4.78, 5) is 5.12. The molecule has 0 radical (unpaired) electrons. The summed E-state index contributed by atoms with van der Waals surface area (Å²) in [6, 6.07) is 5.75. The maximum atomic E-state index is 5.46. The minimum Gasteiger partial charge on any atom is -0.440 e. The van der Waals surface area contributed by atoms with Gasteiger partial charge in [-0.1, -0.05) is 13.0 Å². The topological polar surface area (TPSA) is 26.0 Å². The molecule has 0 amide bonds. The molecule has 1 aromatic carbocycles. The zero-order valence-corrected chi connectivity index (χ0v) is 7.64. The lowest BCUT2D eigenvalue weighted by Crippen LogP contribution is -1.74. The number of nitrogens with zero attached hydrogens (tertiary/aromatic N) is 1. The maximum Gasteiger partial charge on any atom is 0.195 e. The molecule has 0 N–H and O–H groups in total. The molecular weight excluding hydrogens is 170 g/mol. The van der Waals surface area contributed by atoms with Crippen molar-refractivity contribution < 1.29 is 4.42 Å². The molecule has 12 heavy (non-hydrogen) atoms. The third-order valence-electron chi connectivity index (χ3n) is 1.74. The van der Waals surface area contributed by atoms with Crippen molar-refractivity contribution in [2.75, 3.05) is 0 Å². The summed E-state index contributed by atoms with van der Waals surface area (Å²) >= 11 is 4.27. The third kappa shape index (κ3) is 1.10. The van der Waals surface area contributed by atoms with Crippen molar-refractivity contribution in [2.24, 2.45) is 0 Å². The van der Waals surface area contributed by atoms with Gasteiger partial charge in [-0.25, -0.2) is 4.98 Å². The van der Waals surface area contributed by atoms with Gasteiger partial charge in [-0.05, 0) is 12.1 Å². The molecule has 2 nitrogen and oxygen atoms in total. The first-order chi connectivity index (χ1) is 5.81. The minimum absolute atomic E-state index is 0.770. The number of hydrogen-bond donors (Lipinski definition) is 1. The van der Waals surface area contributed by atoms with Gasteiger partial charge in [-0.15, -0.1) is 12.6 Å². The van der Waals surface area contributed by atoms with Crippen LogP contribution in [-0.2, 0) is 6.42 Å². The second kappa shape index (κ2) is 2.83. The molecule has 0 saturated carbocycles. The number of fused-ring (bicyclic) bond motifs is 1. The van der Waals surface area contributed by atoms with Crippen LogP contribution in [0.3, 0.4) is 0 Å². The smallest absolute Gasteiger partial charge is 0.195 e. The van der Waals surface area contributed by atoms with E-state index < -0.39 is 0 Å². The number of thiol groups is 1. The summed E-state index contributed by atoms with van der Waals surface area (Å²) in [7, 11) is 0. The summed E-state index contributed by atoms with van der Waals surface area (Å²) in [5.41, 5.74) is 1.68. The summed E-state index contributed by atoms with van der Waals surface area (Å²) in [5, 5.41) is 0. The molecule has 1 aromatic heterocycles. The molecule has 1 heterocycles. The Hall–Kier alpha value is -0.960. The number of benzene rings is 1. The third-order valence-corrected chi connectivity index (χ3v) is 2.09. The van der Waals surface area contributed by atoms with E-state index in [0.29, 0.717) is 0 Å². The maximum absolute atomic E-state index is 5.46. The van der Waals surface area contributed by atoms with E-state index in [9.17, 15) is 0 Å². The van der Waals surface area contributed by atoms with Crippen molar-refractivity contribution in [2.45, 2.75) is 18.2 Å². The summed E-state index contributed by atoms with van der Waals surface area (Å²) in [5.74, 6) is 0.770. The van der Waals surface area contributed by atoms with Crippen LogP contribution in [-0.4, -0.2) is 4.98 Å². The van der Waals surface area contributed by atoms with E-state index in [-0.39, 0.29) is 0 Å². The van der Waals surface area contributed by atoms with Gasteiger partial charge in [0.25, 0.3) is 0 Å². The van der Waals surface area contributed by atoms with Crippen LogP contribution in [0.15, 0.2) is 27.5 Å². The number of aromatic nitrogens is 1. The van der Waals surface area contributed by atoms with Crippen LogP contribution in [0.4, 0.5) is 0 Å². The van der Waals surface area contributed by atoms with Crippen molar-refractivity contribution >= 4 is 23.7 Å². The Morgan fingerprint density at radius 2 is 2.33 bits per heavy atom. The average Bonchev–Trinajstić information content (AvgIpc) is 2.49. The predicted molar refractivity (Wildman–Crippen MR) is 50.6 cm³/mol. The van der Waals surface area contributed by atoms with E-state index in [4.69, 9.17) is 4.42 Å². The molecule has 2 rings (SSSR count). The van der Waals surface area contributed by atoms with Crippen molar-refractivity contribution in [1.82, 2.24) is 4.98 Å². The highest BCUT2D eigenvalue weighted by atomic mass is 32.1. The lowest BCUT2D eigenvalue weighted by atomic mass is 10.3. The van der Waals surface area contributed by atoms with Gasteiger partial charge in [0.05, 0.1) is 0 Å². The summed E-state index contributed by atoms with van der Waals surface area (Å²) in [6.07, 6.45) is 0.821. The van der Waals surface area contributed by atoms with Crippen molar-refractivity contribution in [3.05, 3.63) is 24.1 Å². The van der Waals surface area contributed by atoms with Gasteiger partial charge in [0.1, 0.15) is 5.52 Å². The number of oxazole rings is 1. The van der Waals surface area contributed by atoms with Crippen LogP contribution < -0.4 is 0 Å². The highest BCUT2D eigenvalue weighted by Crippen LogP contribution is 2.22. The molecule has 3 heteroatoms. The van der Waals surface area contributed by atoms with Gasteiger partial charge in [0, 0.05) is 11.3 Å². The Bertz CT molecular complexity index is 408. The predicted octanol–water partition coefficient (Wildman–Crippen LogP) is 2.68. The first-order valence-corrected chi connectivity index (χ1v) is 4.33. The van der Waals surface area contributed by atoms with E-state index in [0.717, 1.165) is 28.3 Å². The summed E-state index contributed by atoms with van der Waals surface area (Å²) in [6.45, 7) is 2.02. The molecule has 0 bridgehead atoms. The average molecular weight is 179 g/mol. The van der Waals surface area contributed by atoms with Crippen molar-refractivity contribution in [3.8, 4) is 0 Å². The molecule has 0 saturated heterocycles. The molecule has 0 spiro atoms. The highest BCUT2D eigenvalue weighted by Gasteiger charge is 2.05. The lowest BCUT2D eigenvalue weighted by Gasteiger charge is -1.88. The van der Waals surface area contributed by atoms with Gasteiger partial charge in [0.15, 0.2) is 11.5 Å². The van der Waals surface area contributed by atoms with Gasteiger partial charge in [0.2, 0.25) is 0 Å². The molecule has 0 fully saturated rings. The molecule has 0 aliphatic carbocycles. The second-order valence-corrected chi connectivity index (χ2v) is 3.07. The Morgan fingerprint density at radius 1 is 1.50 bits per heavy atom. The fourth-order valence-corrected chi connectivity index (χ4v) is 1.38. The zero-order valence-electron chi connectivity index (χ0n) is 6.74. The quantitative estimate of drug-likeness (QED) is 0.681. The molecule has 0 aliphatic rings. The van der Waals surface area contributed by atoms with Crippen LogP contribution >= 0.6 is 12.6 Å². The molecule has 0 aliphatic heterocycles. The number of aryl methyl sites for hydroxylation is 1. The number of rotatable bonds is 1. The first-order valence-electron chi connectivity index (χ1n) is 3.88. The number of hydrogen-bond acceptors (Lipinski definition) is 3. The Balaban J connectivity index is 2.74. The van der Waals surface area contributed by atoms with Crippen LogP contribution in [0.5, 0.6) is 0 Å². The largest absolute Gasteiger partial charge is 0.440 e.